The van der Waals surface area contributed by atoms with Crippen LogP contribution in [0.1, 0.15) is 77.7 Å². The Bertz CT molecular complexity index is 538. The van der Waals surface area contributed by atoms with Gasteiger partial charge in [0.05, 0.1) is 0 Å². The molecule has 0 aromatic heterocycles. The van der Waals surface area contributed by atoms with Gasteiger partial charge in [0.1, 0.15) is 12.2 Å². The third-order valence-corrected chi connectivity index (χ3v) is 6.28. The molecule has 4 heteroatoms. The molecule has 0 spiro atoms. The van der Waals surface area contributed by atoms with Gasteiger partial charge in [-0.3, -0.25) is 9.68 Å². The maximum atomic E-state index is 6.35. The second-order valence-corrected chi connectivity index (χ2v) is 8.64. The van der Waals surface area contributed by atoms with Gasteiger partial charge in [-0.1, -0.05) is 52.0 Å². The van der Waals surface area contributed by atoms with E-state index in [-0.39, 0.29) is 12.2 Å². The molecule has 0 aliphatic carbocycles. The van der Waals surface area contributed by atoms with E-state index in [1.807, 2.05) is 0 Å². The molecule has 2 saturated heterocycles. The molecule has 1 aromatic carbocycles. The molecule has 26 heavy (non-hydrogen) atoms. The van der Waals surface area contributed by atoms with Crippen molar-refractivity contribution in [1.29, 1.82) is 0 Å². The minimum atomic E-state index is 0.146. The molecular formula is C22H36N2O2. The summed E-state index contributed by atoms with van der Waals surface area (Å²) in [5, 5.41) is 4.35. The third kappa shape index (κ3) is 4.14. The molecule has 146 valence electrons. The predicted molar refractivity (Wildman–Crippen MR) is 105 cm³/mol. The maximum absolute atomic E-state index is 6.35. The van der Waals surface area contributed by atoms with E-state index in [1.165, 1.54) is 11.1 Å². The van der Waals surface area contributed by atoms with E-state index in [4.69, 9.17) is 9.68 Å². The topological polar surface area (TPSA) is 24.9 Å². The molecule has 4 atom stereocenters. The van der Waals surface area contributed by atoms with Crippen molar-refractivity contribution < 1.29 is 9.68 Å². The van der Waals surface area contributed by atoms with Gasteiger partial charge in [-0.15, -0.1) is 0 Å². The van der Waals surface area contributed by atoms with Gasteiger partial charge in [-0.25, -0.2) is 0 Å². The normalized spacial score (nSPS) is 27.5. The molecular weight excluding hydrogens is 324 g/mol. The summed E-state index contributed by atoms with van der Waals surface area (Å²) in [5.41, 5.74) is 2.60. The fourth-order valence-electron chi connectivity index (χ4n) is 3.81. The van der Waals surface area contributed by atoms with Crippen molar-refractivity contribution in [3.63, 3.8) is 0 Å². The van der Waals surface area contributed by atoms with Gasteiger partial charge in [0.15, 0.2) is 0 Å². The molecule has 3 rings (SSSR count). The highest BCUT2D eigenvalue weighted by molar-refractivity contribution is 5.32. The summed E-state index contributed by atoms with van der Waals surface area (Å²) in [4.78, 5) is 12.7. The van der Waals surface area contributed by atoms with Gasteiger partial charge in [-0.05, 0) is 49.7 Å². The van der Waals surface area contributed by atoms with E-state index in [2.05, 4.69) is 75.9 Å². The number of benzene rings is 1. The van der Waals surface area contributed by atoms with Crippen LogP contribution in [-0.4, -0.2) is 35.3 Å². The number of nitrogens with zero attached hydrogens (tertiary/aromatic N) is 2. The zero-order valence-corrected chi connectivity index (χ0v) is 17.3. The Hall–Kier alpha value is -0.940. The lowest BCUT2D eigenvalue weighted by atomic mass is 9.95. The van der Waals surface area contributed by atoms with E-state index in [9.17, 15) is 0 Å². The molecule has 0 saturated carbocycles. The van der Waals surface area contributed by atoms with Crippen LogP contribution in [0, 0.1) is 11.8 Å². The first-order valence-electron chi connectivity index (χ1n) is 10.3. The molecule has 0 amide bonds. The lowest BCUT2D eigenvalue weighted by molar-refractivity contribution is -0.184. The van der Waals surface area contributed by atoms with Crippen LogP contribution in [0.25, 0.3) is 0 Å². The summed E-state index contributed by atoms with van der Waals surface area (Å²) in [5.74, 6) is 1.18. The van der Waals surface area contributed by atoms with Gasteiger partial charge in [0, 0.05) is 25.2 Å². The van der Waals surface area contributed by atoms with Crippen molar-refractivity contribution in [2.75, 3.05) is 13.1 Å². The Morgan fingerprint density at radius 2 is 1.12 bits per heavy atom. The smallest absolute Gasteiger partial charge is 0.106 e. The first kappa shape index (κ1) is 19.8. The molecule has 2 aliphatic heterocycles. The van der Waals surface area contributed by atoms with Crippen molar-refractivity contribution in [3.05, 3.63) is 35.4 Å². The van der Waals surface area contributed by atoms with Gasteiger partial charge >= 0.3 is 0 Å². The van der Waals surface area contributed by atoms with E-state index in [1.54, 1.807) is 0 Å². The summed E-state index contributed by atoms with van der Waals surface area (Å²) in [6.45, 7) is 15.5. The number of hydroxylamine groups is 4. The summed E-state index contributed by atoms with van der Waals surface area (Å²) >= 11 is 0. The molecule has 4 unspecified atom stereocenters. The van der Waals surface area contributed by atoms with Crippen molar-refractivity contribution in [2.45, 2.75) is 78.7 Å². The van der Waals surface area contributed by atoms with Crippen molar-refractivity contribution in [3.8, 4) is 0 Å². The average molecular weight is 361 g/mol. The summed E-state index contributed by atoms with van der Waals surface area (Å²) in [6.07, 6.45) is 2.39. The molecule has 2 heterocycles. The van der Waals surface area contributed by atoms with Gasteiger partial charge in [0.25, 0.3) is 0 Å². The number of hydrogen-bond donors (Lipinski definition) is 0. The fourth-order valence-corrected chi connectivity index (χ4v) is 3.81. The Kier molecular flexibility index (Phi) is 6.39. The molecule has 0 N–H and O–H groups in total. The van der Waals surface area contributed by atoms with Crippen LogP contribution < -0.4 is 0 Å². The van der Waals surface area contributed by atoms with Crippen LogP contribution in [0.15, 0.2) is 24.3 Å². The van der Waals surface area contributed by atoms with E-state index in [0.717, 1.165) is 25.9 Å². The van der Waals surface area contributed by atoms with E-state index in [0.29, 0.717) is 23.9 Å². The fraction of sp³-hybridized carbons (Fsp3) is 0.727. The summed E-state index contributed by atoms with van der Waals surface area (Å²) < 4.78 is 0. The maximum Gasteiger partial charge on any atom is 0.106 e. The SMILES string of the molecule is CC(C)C(C)N1CCC(c2ccccc2C2CCN(C(C)C(C)C)O2)O1. The van der Waals surface area contributed by atoms with E-state index >= 15 is 0 Å². The Labute approximate surface area is 159 Å². The number of hydrogen-bond acceptors (Lipinski definition) is 4. The lowest BCUT2D eigenvalue weighted by Gasteiger charge is -2.28. The summed E-state index contributed by atoms with van der Waals surface area (Å²) in [7, 11) is 0. The van der Waals surface area contributed by atoms with Crippen LogP contribution in [0.2, 0.25) is 0 Å². The van der Waals surface area contributed by atoms with Gasteiger partial charge in [-0.2, -0.15) is 10.1 Å². The Morgan fingerprint density at radius 3 is 1.46 bits per heavy atom. The standard InChI is InChI=1S/C22H36N2O2/c1-15(2)17(5)23-13-11-21(25-23)19-9-7-8-10-20(19)22-12-14-24(26-22)18(6)16(3)4/h7-10,15-18,21-22H,11-14H2,1-6H3. The van der Waals surface area contributed by atoms with Crippen LogP contribution in [0.5, 0.6) is 0 Å². The Morgan fingerprint density at radius 1 is 0.731 bits per heavy atom. The zero-order chi connectivity index (χ0) is 18.8. The highest BCUT2D eigenvalue weighted by Gasteiger charge is 2.35. The first-order chi connectivity index (χ1) is 12.4. The van der Waals surface area contributed by atoms with Crippen molar-refractivity contribution >= 4 is 0 Å². The van der Waals surface area contributed by atoms with Crippen LogP contribution >= 0.6 is 0 Å². The highest BCUT2D eigenvalue weighted by atomic mass is 16.7. The molecule has 2 fully saturated rings. The molecule has 0 radical (unpaired) electrons. The largest absolute Gasteiger partial charge is 0.291 e. The third-order valence-electron chi connectivity index (χ3n) is 6.28. The highest BCUT2D eigenvalue weighted by Crippen LogP contribution is 2.39. The molecule has 2 aliphatic rings. The summed E-state index contributed by atoms with van der Waals surface area (Å²) in [6, 6.07) is 9.58. The monoisotopic (exact) mass is 360 g/mol. The molecule has 4 nitrogen and oxygen atoms in total. The van der Waals surface area contributed by atoms with Gasteiger partial charge in [0.2, 0.25) is 0 Å². The van der Waals surface area contributed by atoms with Crippen LogP contribution in [0.4, 0.5) is 0 Å². The second kappa shape index (κ2) is 8.39. The van der Waals surface area contributed by atoms with Crippen LogP contribution in [-0.2, 0) is 9.68 Å². The number of rotatable bonds is 6. The zero-order valence-electron chi connectivity index (χ0n) is 17.3. The van der Waals surface area contributed by atoms with Crippen molar-refractivity contribution in [1.82, 2.24) is 10.1 Å². The first-order valence-corrected chi connectivity index (χ1v) is 10.3. The Balaban J connectivity index is 1.72. The lowest BCUT2D eigenvalue weighted by Crippen LogP contribution is -2.33. The minimum absolute atomic E-state index is 0.146. The van der Waals surface area contributed by atoms with Crippen LogP contribution in [0.3, 0.4) is 0 Å². The van der Waals surface area contributed by atoms with E-state index < -0.39 is 0 Å². The molecule has 0 bridgehead atoms. The predicted octanol–water partition coefficient (Wildman–Crippen LogP) is 5.13. The second-order valence-electron chi connectivity index (χ2n) is 8.64. The average Bonchev–Trinajstić information content (AvgIpc) is 3.30. The van der Waals surface area contributed by atoms with Gasteiger partial charge < -0.3 is 0 Å². The molecule has 1 aromatic rings. The minimum Gasteiger partial charge on any atom is -0.291 e. The van der Waals surface area contributed by atoms with Crippen molar-refractivity contribution in [2.24, 2.45) is 11.8 Å². The quantitative estimate of drug-likeness (QED) is 0.702.